The topological polar surface area (TPSA) is 106 Å². The van der Waals surface area contributed by atoms with Crippen molar-refractivity contribution in [1.29, 1.82) is 0 Å². The summed E-state index contributed by atoms with van der Waals surface area (Å²) in [6, 6.07) is 14.4. The Hall–Kier alpha value is -3.55. The molecule has 0 aliphatic rings. The summed E-state index contributed by atoms with van der Waals surface area (Å²) >= 11 is 0. The Morgan fingerprint density at radius 3 is 2.06 bits per heavy atom. The van der Waals surface area contributed by atoms with Crippen LogP contribution < -0.4 is 20.7 Å². The highest BCUT2D eigenvalue weighted by Gasteiger charge is 2.20. The molecule has 0 aliphatic carbocycles. The third kappa shape index (κ3) is 8.48. The minimum absolute atomic E-state index is 0.252. The maximum atomic E-state index is 12.8. The van der Waals surface area contributed by atoms with Crippen LogP contribution >= 0.6 is 0 Å². The average Bonchev–Trinajstić information content (AvgIpc) is 2.72. The van der Waals surface area contributed by atoms with E-state index in [1.54, 1.807) is 52.0 Å². The van der Waals surface area contributed by atoms with Crippen molar-refractivity contribution in [2.45, 2.75) is 59.2 Å². The van der Waals surface area contributed by atoms with Crippen LogP contribution in [-0.2, 0) is 14.3 Å². The molecule has 8 nitrogen and oxygen atoms in total. The molecule has 0 spiro atoms. The highest BCUT2D eigenvalue weighted by molar-refractivity contribution is 6.01. The number of alkyl carbamates (subject to hydrolysis) is 1. The van der Waals surface area contributed by atoms with Gasteiger partial charge in [0.15, 0.2) is 6.10 Å². The summed E-state index contributed by atoms with van der Waals surface area (Å²) in [6.45, 7) is 10.7. The highest BCUT2D eigenvalue weighted by Crippen LogP contribution is 2.27. The minimum atomic E-state index is -0.762. The van der Waals surface area contributed by atoms with Gasteiger partial charge in [0.2, 0.25) is 5.91 Å². The van der Waals surface area contributed by atoms with Crippen molar-refractivity contribution >= 4 is 29.3 Å². The van der Waals surface area contributed by atoms with E-state index in [-0.39, 0.29) is 18.4 Å². The van der Waals surface area contributed by atoms with E-state index in [1.807, 2.05) is 24.3 Å². The van der Waals surface area contributed by atoms with Crippen molar-refractivity contribution in [3.63, 3.8) is 0 Å². The second-order valence-electron chi connectivity index (χ2n) is 8.89. The van der Waals surface area contributed by atoms with Crippen LogP contribution in [0.2, 0.25) is 0 Å². The lowest BCUT2D eigenvalue weighted by Gasteiger charge is -2.20. The first-order chi connectivity index (χ1) is 15.5. The second-order valence-corrected chi connectivity index (χ2v) is 8.89. The van der Waals surface area contributed by atoms with Crippen molar-refractivity contribution in [3.05, 3.63) is 54.1 Å². The van der Waals surface area contributed by atoms with Crippen LogP contribution in [0.4, 0.5) is 16.2 Å². The van der Waals surface area contributed by atoms with Crippen molar-refractivity contribution in [2.24, 2.45) is 0 Å². The zero-order chi connectivity index (χ0) is 24.6. The van der Waals surface area contributed by atoms with Gasteiger partial charge in [-0.2, -0.15) is 0 Å². The van der Waals surface area contributed by atoms with Gasteiger partial charge in [-0.3, -0.25) is 9.59 Å². The normalized spacial score (nSPS) is 12.0. The number of anilines is 2. The lowest BCUT2D eigenvalue weighted by Crippen LogP contribution is -2.37. The van der Waals surface area contributed by atoms with E-state index in [4.69, 9.17) is 9.47 Å². The summed E-state index contributed by atoms with van der Waals surface area (Å²) in [5, 5.41) is 7.87. The summed E-state index contributed by atoms with van der Waals surface area (Å²) in [6.07, 6.45) is -1.45. The van der Waals surface area contributed by atoms with Crippen molar-refractivity contribution in [2.75, 3.05) is 17.2 Å². The van der Waals surface area contributed by atoms with Crippen LogP contribution in [-0.4, -0.2) is 36.2 Å². The van der Waals surface area contributed by atoms with Crippen LogP contribution in [0.1, 0.15) is 53.0 Å². The first-order valence-corrected chi connectivity index (χ1v) is 10.9. The van der Waals surface area contributed by atoms with Gasteiger partial charge in [0.25, 0.3) is 5.91 Å². The third-order valence-electron chi connectivity index (χ3n) is 4.47. The zero-order valence-electron chi connectivity index (χ0n) is 20.0. The van der Waals surface area contributed by atoms with Gasteiger partial charge in [-0.15, -0.1) is 0 Å². The fourth-order valence-corrected chi connectivity index (χ4v) is 2.91. The lowest BCUT2D eigenvalue weighted by molar-refractivity contribution is -0.122. The van der Waals surface area contributed by atoms with Gasteiger partial charge in [0.05, 0.1) is 11.4 Å². The summed E-state index contributed by atoms with van der Waals surface area (Å²) < 4.78 is 11.0. The molecule has 0 radical (unpaired) electrons. The van der Waals surface area contributed by atoms with Crippen LogP contribution in [0.3, 0.4) is 0 Å². The number of benzene rings is 2. The molecule has 2 rings (SSSR count). The monoisotopic (exact) mass is 455 g/mol. The quantitative estimate of drug-likeness (QED) is 0.536. The zero-order valence-corrected chi connectivity index (χ0v) is 20.0. The number of carbonyl (C=O) groups is 3. The molecule has 0 aliphatic heterocycles. The lowest BCUT2D eigenvalue weighted by atomic mass is 10.0. The van der Waals surface area contributed by atoms with Crippen LogP contribution in [0.5, 0.6) is 5.75 Å². The Morgan fingerprint density at radius 2 is 1.45 bits per heavy atom. The van der Waals surface area contributed by atoms with Gasteiger partial charge in [-0.1, -0.05) is 44.2 Å². The van der Waals surface area contributed by atoms with Gasteiger partial charge in [0.1, 0.15) is 17.9 Å². The number of hydrogen-bond donors (Lipinski definition) is 3. The predicted octanol–water partition coefficient (Wildman–Crippen LogP) is 4.68. The molecule has 1 unspecified atom stereocenters. The molecule has 0 saturated carbocycles. The molecule has 178 valence electrons. The van der Waals surface area contributed by atoms with E-state index in [1.165, 1.54) is 0 Å². The van der Waals surface area contributed by atoms with Gasteiger partial charge in [-0.05, 0) is 57.4 Å². The van der Waals surface area contributed by atoms with E-state index < -0.39 is 23.7 Å². The number of ether oxygens (including phenoxy) is 2. The van der Waals surface area contributed by atoms with E-state index in [9.17, 15) is 14.4 Å². The molecule has 0 aromatic heterocycles. The highest BCUT2D eigenvalue weighted by atomic mass is 16.6. The summed E-state index contributed by atoms with van der Waals surface area (Å²) in [4.78, 5) is 36.8. The molecule has 3 amide bonds. The Kier molecular flexibility index (Phi) is 8.85. The molecule has 2 aromatic rings. The number of hydrogen-bond acceptors (Lipinski definition) is 5. The molecule has 2 aromatic carbocycles. The van der Waals surface area contributed by atoms with Crippen LogP contribution in [0.15, 0.2) is 48.5 Å². The van der Waals surface area contributed by atoms with Crippen molar-refractivity contribution < 1.29 is 23.9 Å². The number of rotatable bonds is 8. The van der Waals surface area contributed by atoms with Crippen LogP contribution in [0.25, 0.3) is 0 Å². The number of para-hydroxylation sites is 3. The maximum Gasteiger partial charge on any atom is 0.408 e. The molecule has 0 heterocycles. The van der Waals surface area contributed by atoms with Gasteiger partial charge >= 0.3 is 6.09 Å². The number of nitrogens with one attached hydrogen (secondary N) is 3. The standard InChI is InChI=1S/C25H33N3O5/c1-16(2)18-11-7-10-14-21(18)32-17(3)23(30)28-20-13-9-8-12-19(20)27-22(29)15-26-24(31)33-25(4,5)6/h7-14,16-17H,15H2,1-6H3,(H,26,31)(H,27,29)(H,28,30). The molecule has 0 fully saturated rings. The summed E-state index contributed by atoms with van der Waals surface area (Å²) in [5.41, 5.74) is 1.17. The Morgan fingerprint density at radius 1 is 0.879 bits per heavy atom. The molecule has 33 heavy (non-hydrogen) atoms. The smallest absolute Gasteiger partial charge is 0.408 e. The number of carbonyl (C=O) groups excluding carboxylic acids is 3. The Labute approximate surface area is 195 Å². The van der Waals surface area contributed by atoms with Crippen molar-refractivity contribution in [3.8, 4) is 5.75 Å². The minimum Gasteiger partial charge on any atom is -0.481 e. The molecular weight excluding hydrogens is 422 g/mol. The summed E-state index contributed by atoms with van der Waals surface area (Å²) in [5.74, 6) is 0.0894. The van der Waals surface area contributed by atoms with Gasteiger partial charge in [0, 0.05) is 0 Å². The number of amides is 3. The molecule has 0 saturated heterocycles. The largest absolute Gasteiger partial charge is 0.481 e. The average molecular weight is 456 g/mol. The van der Waals surface area contributed by atoms with E-state index in [2.05, 4.69) is 29.8 Å². The molecule has 3 N–H and O–H groups in total. The van der Waals surface area contributed by atoms with E-state index >= 15 is 0 Å². The fraction of sp³-hybridized carbons (Fsp3) is 0.400. The summed E-state index contributed by atoms with van der Waals surface area (Å²) in [7, 11) is 0. The molecule has 0 bridgehead atoms. The molecule has 8 heteroatoms. The van der Waals surface area contributed by atoms with Gasteiger partial charge in [-0.25, -0.2) is 4.79 Å². The maximum absolute atomic E-state index is 12.8. The predicted molar refractivity (Wildman–Crippen MR) is 129 cm³/mol. The SMILES string of the molecule is CC(Oc1ccccc1C(C)C)C(=O)Nc1ccccc1NC(=O)CNC(=O)OC(C)(C)C. The third-order valence-corrected chi connectivity index (χ3v) is 4.47. The molecule has 1 atom stereocenters. The van der Waals surface area contributed by atoms with Crippen molar-refractivity contribution in [1.82, 2.24) is 5.32 Å². The first kappa shape index (κ1) is 25.7. The van der Waals surface area contributed by atoms with E-state index in [0.29, 0.717) is 17.1 Å². The Balaban J connectivity index is 1.99. The Bertz CT molecular complexity index is 982. The first-order valence-electron chi connectivity index (χ1n) is 10.9. The molecular formula is C25H33N3O5. The van der Waals surface area contributed by atoms with Crippen LogP contribution in [0, 0.1) is 0 Å². The fourth-order valence-electron chi connectivity index (χ4n) is 2.91. The van der Waals surface area contributed by atoms with Gasteiger partial charge < -0.3 is 25.4 Å². The second kappa shape index (κ2) is 11.4. The van der Waals surface area contributed by atoms with E-state index in [0.717, 1.165) is 5.56 Å².